The number of aryl methyl sites for hydroxylation is 1. The van der Waals surface area contributed by atoms with Crippen LogP contribution in [0.15, 0.2) is 64.8 Å². The summed E-state index contributed by atoms with van der Waals surface area (Å²) >= 11 is 0. The lowest BCUT2D eigenvalue weighted by molar-refractivity contribution is -0.167. The molecule has 3 aromatic rings. The predicted octanol–water partition coefficient (Wildman–Crippen LogP) is 6.99. The number of anilines is 2. The summed E-state index contributed by atoms with van der Waals surface area (Å²) in [5, 5.41) is 10.2. The number of nitrogens with zero attached hydrogens (tertiary/aromatic N) is 5. The lowest BCUT2D eigenvalue weighted by Gasteiger charge is -2.24. The number of alkyl halides is 3. The van der Waals surface area contributed by atoms with Crippen molar-refractivity contribution in [2.45, 2.75) is 39.8 Å². The topological polar surface area (TPSA) is 82.8 Å². The molecule has 0 radical (unpaired) electrons. The standard InChI is InChI=1S/C25H27F3N6O/c1-4-13-34(14-5-2)19-11-12-20(21(16-19)30-24(35)25(26,27)28)32-33-22-15-17(3)29-23(31-22)18-9-7-6-8-10-18/h6-12,15-16H,4-5,13-14H2,1-3H3,(H,30,35). The lowest BCUT2D eigenvalue weighted by atomic mass is 10.2. The van der Waals surface area contributed by atoms with Gasteiger partial charge in [-0.3, -0.25) is 4.79 Å². The van der Waals surface area contributed by atoms with Crippen LogP contribution in [-0.2, 0) is 4.79 Å². The van der Waals surface area contributed by atoms with Gasteiger partial charge in [0.25, 0.3) is 0 Å². The van der Waals surface area contributed by atoms with Crippen LogP contribution in [0.4, 0.5) is 36.1 Å². The number of rotatable bonds is 9. The number of carbonyl (C=O) groups is 1. The summed E-state index contributed by atoms with van der Waals surface area (Å²) in [4.78, 5) is 22.5. The van der Waals surface area contributed by atoms with E-state index < -0.39 is 12.1 Å². The Hall–Kier alpha value is -3.82. The first-order valence-electron chi connectivity index (χ1n) is 11.3. The molecule has 0 atom stereocenters. The molecular formula is C25H27F3N6O. The number of halogens is 3. The van der Waals surface area contributed by atoms with Crippen molar-refractivity contribution in [2.24, 2.45) is 10.2 Å². The minimum absolute atomic E-state index is 0.0804. The molecule has 1 amide bonds. The van der Waals surface area contributed by atoms with Crippen molar-refractivity contribution < 1.29 is 18.0 Å². The van der Waals surface area contributed by atoms with E-state index in [1.807, 2.05) is 54.4 Å². The van der Waals surface area contributed by atoms with Crippen molar-refractivity contribution in [2.75, 3.05) is 23.3 Å². The Bertz CT molecular complexity index is 1180. The fourth-order valence-corrected chi connectivity index (χ4v) is 3.44. The van der Waals surface area contributed by atoms with Crippen LogP contribution in [0.5, 0.6) is 0 Å². The molecule has 0 saturated heterocycles. The fraction of sp³-hybridized carbons (Fsp3) is 0.320. The fourth-order valence-electron chi connectivity index (χ4n) is 3.44. The summed E-state index contributed by atoms with van der Waals surface area (Å²) in [6.07, 6.45) is -3.31. The monoisotopic (exact) mass is 484 g/mol. The molecule has 7 nitrogen and oxygen atoms in total. The van der Waals surface area contributed by atoms with E-state index in [0.717, 1.165) is 31.5 Å². The van der Waals surface area contributed by atoms with Gasteiger partial charge in [0, 0.05) is 36.1 Å². The van der Waals surface area contributed by atoms with E-state index in [1.165, 1.54) is 12.1 Å². The van der Waals surface area contributed by atoms with E-state index in [2.05, 4.69) is 20.2 Å². The molecule has 1 aromatic heterocycles. The maximum atomic E-state index is 13.0. The highest BCUT2D eigenvalue weighted by atomic mass is 19.4. The average Bonchev–Trinajstić information content (AvgIpc) is 2.82. The molecule has 0 fully saturated rings. The van der Waals surface area contributed by atoms with Crippen molar-refractivity contribution in [1.29, 1.82) is 0 Å². The molecule has 0 bridgehead atoms. The minimum Gasteiger partial charge on any atom is -0.371 e. The molecule has 184 valence electrons. The molecule has 10 heteroatoms. The van der Waals surface area contributed by atoms with Crippen LogP contribution >= 0.6 is 0 Å². The van der Waals surface area contributed by atoms with Crippen LogP contribution in [0.25, 0.3) is 11.4 Å². The third kappa shape index (κ3) is 7.08. The zero-order valence-corrected chi connectivity index (χ0v) is 19.8. The maximum Gasteiger partial charge on any atom is 0.471 e. The molecule has 0 aliphatic carbocycles. The van der Waals surface area contributed by atoms with Crippen molar-refractivity contribution in [3.8, 4) is 11.4 Å². The quantitative estimate of drug-likeness (QED) is 0.332. The van der Waals surface area contributed by atoms with Gasteiger partial charge in [0.2, 0.25) is 0 Å². The smallest absolute Gasteiger partial charge is 0.371 e. The predicted molar refractivity (Wildman–Crippen MR) is 130 cm³/mol. The molecule has 0 aliphatic rings. The highest BCUT2D eigenvalue weighted by Crippen LogP contribution is 2.33. The SMILES string of the molecule is CCCN(CCC)c1ccc(N=Nc2cc(C)nc(-c3ccccc3)n2)c(NC(=O)C(F)(F)F)c1. The highest BCUT2D eigenvalue weighted by Gasteiger charge is 2.39. The van der Waals surface area contributed by atoms with Crippen molar-refractivity contribution >= 4 is 28.8 Å². The number of hydrogen-bond acceptors (Lipinski definition) is 6. The van der Waals surface area contributed by atoms with Gasteiger partial charge in [-0.1, -0.05) is 44.2 Å². The summed E-state index contributed by atoms with van der Waals surface area (Å²) < 4.78 is 38.9. The molecular weight excluding hydrogens is 457 g/mol. The van der Waals surface area contributed by atoms with E-state index in [-0.39, 0.29) is 17.2 Å². The summed E-state index contributed by atoms with van der Waals surface area (Å²) in [6, 6.07) is 15.7. The van der Waals surface area contributed by atoms with Gasteiger partial charge in [-0.25, -0.2) is 9.97 Å². The number of benzene rings is 2. The van der Waals surface area contributed by atoms with Crippen LogP contribution in [0.1, 0.15) is 32.4 Å². The van der Waals surface area contributed by atoms with Crippen LogP contribution in [-0.4, -0.2) is 35.1 Å². The molecule has 35 heavy (non-hydrogen) atoms. The number of hydrogen-bond donors (Lipinski definition) is 1. The highest BCUT2D eigenvalue weighted by molar-refractivity contribution is 5.97. The Morgan fingerprint density at radius 1 is 0.971 bits per heavy atom. The number of azo groups is 1. The number of nitrogens with one attached hydrogen (secondary N) is 1. The average molecular weight is 485 g/mol. The van der Waals surface area contributed by atoms with Crippen LogP contribution < -0.4 is 10.2 Å². The molecule has 0 aliphatic heterocycles. The van der Waals surface area contributed by atoms with E-state index >= 15 is 0 Å². The number of carbonyl (C=O) groups excluding carboxylic acids is 1. The van der Waals surface area contributed by atoms with Gasteiger partial charge in [-0.15, -0.1) is 10.2 Å². The zero-order chi connectivity index (χ0) is 25.4. The maximum absolute atomic E-state index is 13.0. The van der Waals surface area contributed by atoms with Gasteiger partial charge >= 0.3 is 12.1 Å². The Kier molecular flexibility index (Phi) is 8.51. The second-order valence-electron chi connectivity index (χ2n) is 7.90. The van der Waals surface area contributed by atoms with E-state index in [4.69, 9.17) is 0 Å². The van der Waals surface area contributed by atoms with Gasteiger partial charge < -0.3 is 10.2 Å². The first kappa shape index (κ1) is 25.8. The second kappa shape index (κ2) is 11.5. The van der Waals surface area contributed by atoms with Gasteiger partial charge in [0.15, 0.2) is 11.6 Å². The Labute approximate surface area is 202 Å². The van der Waals surface area contributed by atoms with Gasteiger partial charge in [0.1, 0.15) is 5.69 Å². The summed E-state index contributed by atoms with van der Waals surface area (Å²) in [6.45, 7) is 7.27. The normalized spacial score (nSPS) is 11.6. The van der Waals surface area contributed by atoms with E-state index in [9.17, 15) is 18.0 Å². The molecule has 2 aromatic carbocycles. The Morgan fingerprint density at radius 2 is 1.66 bits per heavy atom. The molecule has 3 rings (SSSR count). The van der Waals surface area contributed by atoms with Crippen molar-refractivity contribution in [3.05, 3.63) is 60.3 Å². The van der Waals surface area contributed by atoms with Crippen LogP contribution in [0.2, 0.25) is 0 Å². The second-order valence-corrected chi connectivity index (χ2v) is 7.90. The van der Waals surface area contributed by atoms with Gasteiger partial charge in [0.05, 0.1) is 5.69 Å². The van der Waals surface area contributed by atoms with E-state index in [0.29, 0.717) is 17.2 Å². The molecule has 0 unspecified atom stereocenters. The largest absolute Gasteiger partial charge is 0.471 e. The van der Waals surface area contributed by atoms with Crippen LogP contribution in [0.3, 0.4) is 0 Å². The summed E-state index contributed by atoms with van der Waals surface area (Å²) in [5.74, 6) is -1.38. The molecule has 0 saturated carbocycles. The first-order chi connectivity index (χ1) is 16.7. The molecule has 0 spiro atoms. The first-order valence-corrected chi connectivity index (χ1v) is 11.3. The van der Waals surface area contributed by atoms with Crippen molar-refractivity contribution in [3.63, 3.8) is 0 Å². The Balaban J connectivity index is 1.98. The number of amides is 1. The van der Waals surface area contributed by atoms with Gasteiger partial charge in [-0.2, -0.15) is 13.2 Å². The lowest BCUT2D eigenvalue weighted by Crippen LogP contribution is -2.30. The third-order valence-electron chi connectivity index (χ3n) is 4.97. The minimum atomic E-state index is -5.04. The molecule has 1 N–H and O–H groups in total. The third-order valence-corrected chi connectivity index (χ3v) is 4.97. The summed E-state index contributed by atoms with van der Waals surface area (Å²) in [7, 11) is 0. The summed E-state index contributed by atoms with van der Waals surface area (Å²) in [5.41, 5.74) is 2.14. The number of aromatic nitrogens is 2. The zero-order valence-electron chi connectivity index (χ0n) is 19.8. The van der Waals surface area contributed by atoms with Crippen molar-refractivity contribution in [1.82, 2.24) is 9.97 Å². The Morgan fingerprint density at radius 3 is 2.29 bits per heavy atom. The van der Waals surface area contributed by atoms with Crippen LogP contribution in [0, 0.1) is 6.92 Å². The van der Waals surface area contributed by atoms with Gasteiger partial charge in [-0.05, 0) is 38.0 Å². The molecule has 1 heterocycles. The van der Waals surface area contributed by atoms with E-state index in [1.54, 1.807) is 19.1 Å².